The van der Waals surface area contributed by atoms with Gasteiger partial charge in [-0.05, 0) is 31.2 Å². The van der Waals surface area contributed by atoms with Crippen molar-refractivity contribution in [1.29, 1.82) is 0 Å². The number of aliphatic hydroxyl groups excluding tert-OH is 3. The van der Waals surface area contributed by atoms with Crippen LogP contribution in [0.15, 0.2) is 45.6 Å². The smallest absolute Gasteiger partial charge is 0.239 e. The quantitative estimate of drug-likeness (QED) is 0.393. The lowest BCUT2D eigenvalue weighted by molar-refractivity contribution is -0.268. The molecule has 10 nitrogen and oxygen atoms in total. The van der Waals surface area contributed by atoms with E-state index in [0.717, 1.165) is 0 Å². The number of benzene rings is 2. The molecule has 0 saturated carbocycles. The third-order valence-corrected chi connectivity index (χ3v) is 5.31. The van der Waals surface area contributed by atoms with Crippen LogP contribution < -0.4 is 14.9 Å². The van der Waals surface area contributed by atoms with Crippen molar-refractivity contribution in [2.24, 2.45) is 0 Å². The molecule has 1 aromatic heterocycles. The summed E-state index contributed by atoms with van der Waals surface area (Å²) in [4.78, 5) is 13.3. The Balaban J connectivity index is 1.90. The molecule has 1 aliphatic heterocycles. The number of methoxy groups -OCH3 is 1. The summed E-state index contributed by atoms with van der Waals surface area (Å²) in [5.74, 6) is -0.650. The van der Waals surface area contributed by atoms with E-state index in [1.165, 1.54) is 50.4 Å². The molecule has 1 fully saturated rings. The predicted octanol–water partition coefficient (Wildman–Crippen LogP) is 1.09. The topological polar surface area (TPSA) is 159 Å². The first-order valence-electron chi connectivity index (χ1n) is 9.74. The Labute approximate surface area is 181 Å². The van der Waals surface area contributed by atoms with Crippen LogP contribution in [0.25, 0.3) is 22.3 Å². The normalized spacial score (nSPS) is 25.6. The molecular formula is C22H22O10. The first-order valence-corrected chi connectivity index (χ1v) is 9.74. The van der Waals surface area contributed by atoms with Crippen molar-refractivity contribution in [2.75, 3.05) is 7.11 Å². The maximum atomic E-state index is 13.3. The molecule has 1 saturated heterocycles. The van der Waals surface area contributed by atoms with Crippen molar-refractivity contribution in [2.45, 2.75) is 37.6 Å². The van der Waals surface area contributed by atoms with Gasteiger partial charge in [-0.15, -0.1) is 0 Å². The van der Waals surface area contributed by atoms with Crippen LogP contribution in [0.4, 0.5) is 0 Å². The Morgan fingerprint density at radius 2 is 1.66 bits per heavy atom. The van der Waals surface area contributed by atoms with E-state index < -0.39 is 47.6 Å². The zero-order valence-corrected chi connectivity index (χ0v) is 17.1. The lowest BCUT2D eigenvalue weighted by atomic mass is 10.00. The fourth-order valence-corrected chi connectivity index (χ4v) is 3.51. The minimum Gasteiger partial charge on any atom is -0.508 e. The van der Waals surface area contributed by atoms with Gasteiger partial charge in [0, 0.05) is 17.7 Å². The van der Waals surface area contributed by atoms with E-state index in [2.05, 4.69) is 0 Å². The van der Waals surface area contributed by atoms with E-state index in [0.29, 0.717) is 5.56 Å². The van der Waals surface area contributed by atoms with Crippen LogP contribution in [0.5, 0.6) is 23.0 Å². The number of hydrogen-bond acceptors (Lipinski definition) is 10. The number of rotatable bonds is 4. The highest BCUT2D eigenvalue weighted by molar-refractivity contribution is 5.88. The Bertz CT molecular complexity index is 1190. The van der Waals surface area contributed by atoms with Gasteiger partial charge in [-0.25, -0.2) is 0 Å². The summed E-state index contributed by atoms with van der Waals surface area (Å²) >= 11 is 0. The average molecular weight is 446 g/mol. The molecule has 2 aromatic carbocycles. The van der Waals surface area contributed by atoms with Crippen LogP contribution in [0, 0.1) is 0 Å². The lowest BCUT2D eigenvalue weighted by Crippen LogP contribution is -2.58. The van der Waals surface area contributed by atoms with Gasteiger partial charge in [0.05, 0.1) is 13.2 Å². The molecule has 32 heavy (non-hydrogen) atoms. The monoisotopic (exact) mass is 446 g/mol. The van der Waals surface area contributed by atoms with Gasteiger partial charge in [0.1, 0.15) is 46.5 Å². The first-order chi connectivity index (χ1) is 15.2. The molecule has 1 aliphatic rings. The molecule has 4 rings (SSSR count). The number of hydrogen-bond donors (Lipinski definition) is 5. The molecule has 170 valence electrons. The minimum absolute atomic E-state index is 0.0104. The highest BCUT2D eigenvalue weighted by Gasteiger charge is 2.44. The fraction of sp³-hybridized carbons (Fsp3) is 0.318. The lowest BCUT2D eigenvalue weighted by Gasteiger charge is -2.38. The molecule has 3 aromatic rings. The molecule has 5 N–H and O–H groups in total. The van der Waals surface area contributed by atoms with Gasteiger partial charge in [0.15, 0.2) is 5.76 Å². The van der Waals surface area contributed by atoms with Crippen LogP contribution in [0.1, 0.15) is 6.92 Å². The predicted molar refractivity (Wildman–Crippen MR) is 111 cm³/mol. The Morgan fingerprint density at radius 1 is 0.969 bits per heavy atom. The third kappa shape index (κ3) is 3.73. The molecule has 0 spiro atoms. The standard InChI is InChI=1S/C22H22O10/c1-9-16(25)18(27)19(28)22(30-9)32-21-17(26)15-13(24)7-12(29-2)8-14(15)31-20(21)10-3-5-11(23)6-4-10/h3-9,16,18-19,22-25,27-28H,1-2H3/t9-,16+,18-,19+,22-/m1/s1. The summed E-state index contributed by atoms with van der Waals surface area (Å²) in [5.41, 5.74) is -0.409. The van der Waals surface area contributed by atoms with E-state index in [1.54, 1.807) is 0 Å². The molecule has 0 bridgehead atoms. The summed E-state index contributed by atoms with van der Waals surface area (Å²) in [6.07, 6.45) is -7.02. The van der Waals surface area contributed by atoms with Gasteiger partial charge in [-0.1, -0.05) is 0 Å². The number of aliphatic hydroxyl groups is 3. The second-order valence-electron chi connectivity index (χ2n) is 7.46. The van der Waals surface area contributed by atoms with E-state index in [4.69, 9.17) is 18.6 Å². The highest BCUT2D eigenvalue weighted by Crippen LogP contribution is 2.37. The van der Waals surface area contributed by atoms with Gasteiger partial charge in [-0.3, -0.25) is 4.79 Å². The van der Waals surface area contributed by atoms with Gasteiger partial charge >= 0.3 is 0 Å². The fourth-order valence-electron chi connectivity index (χ4n) is 3.51. The second-order valence-corrected chi connectivity index (χ2v) is 7.46. The Morgan fingerprint density at radius 3 is 2.31 bits per heavy atom. The third-order valence-electron chi connectivity index (χ3n) is 5.31. The number of aromatic hydroxyl groups is 2. The van der Waals surface area contributed by atoms with Crippen molar-refractivity contribution >= 4 is 11.0 Å². The molecule has 5 atom stereocenters. The van der Waals surface area contributed by atoms with Gasteiger partial charge in [0.2, 0.25) is 17.5 Å². The first kappa shape index (κ1) is 21.9. The number of phenolic OH excluding ortho intramolecular Hbond substituents is 2. The summed E-state index contributed by atoms with van der Waals surface area (Å²) in [6.45, 7) is 1.47. The van der Waals surface area contributed by atoms with Gasteiger partial charge < -0.3 is 44.2 Å². The van der Waals surface area contributed by atoms with Crippen LogP contribution in [-0.2, 0) is 4.74 Å². The van der Waals surface area contributed by atoms with E-state index in [9.17, 15) is 30.3 Å². The van der Waals surface area contributed by atoms with Crippen LogP contribution in [-0.4, -0.2) is 63.3 Å². The van der Waals surface area contributed by atoms with Crippen molar-refractivity contribution in [3.63, 3.8) is 0 Å². The largest absolute Gasteiger partial charge is 0.508 e. The summed E-state index contributed by atoms with van der Waals surface area (Å²) in [6, 6.07) is 8.36. The molecular weight excluding hydrogens is 424 g/mol. The van der Waals surface area contributed by atoms with Gasteiger partial charge in [0.25, 0.3) is 0 Å². The molecule has 2 heterocycles. The van der Waals surface area contributed by atoms with Crippen molar-refractivity contribution in [3.05, 3.63) is 46.6 Å². The molecule has 0 amide bonds. The average Bonchev–Trinajstić information content (AvgIpc) is 2.77. The van der Waals surface area contributed by atoms with Gasteiger partial charge in [-0.2, -0.15) is 0 Å². The zero-order chi connectivity index (χ0) is 23.2. The highest BCUT2D eigenvalue weighted by atomic mass is 16.7. The Kier molecular flexibility index (Phi) is 5.70. The number of phenols is 2. The number of ether oxygens (including phenoxy) is 3. The van der Waals surface area contributed by atoms with E-state index in [1.807, 2.05) is 0 Å². The van der Waals surface area contributed by atoms with E-state index >= 15 is 0 Å². The molecule has 10 heteroatoms. The minimum atomic E-state index is -1.67. The number of fused-ring (bicyclic) bond motifs is 1. The van der Waals surface area contributed by atoms with Crippen LogP contribution in [0.3, 0.4) is 0 Å². The molecule has 0 unspecified atom stereocenters. The van der Waals surface area contributed by atoms with Crippen LogP contribution in [0.2, 0.25) is 0 Å². The second kappa shape index (κ2) is 8.32. The van der Waals surface area contributed by atoms with Crippen molar-refractivity contribution in [3.8, 4) is 34.3 Å². The van der Waals surface area contributed by atoms with Crippen LogP contribution >= 0.6 is 0 Å². The molecule has 0 aliphatic carbocycles. The van der Waals surface area contributed by atoms with Crippen molar-refractivity contribution < 1.29 is 44.2 Å². The summed E-state index contributed by atoms with van der Waals surface area (Å²) < 4.78 is 22.1. The van der Waals surface area contributed by atoms with Crippen molar-refractivity contribution in [1.82, 2.24) is 0 Å². The summed E-state index contributed by atoms with van der Waals surface area (Å²) in [5, 5.41) is 50.1. The molecule has 0 radical (unpaired) electrons. The maximum Gasteiger partial charge on any atom is 0.239 e. The summed E-state index contributed by atoms with van der Waals surface area (Å²) in [7, 11) is 1.39. The maximum absolute atomic E-state index is 13.3. The SMILES string of the molecule is COc1cc(O)c2c(=O)c(O[C@H]3O[C@H](C)[C@H](O)[C@@H](O)[C@@H]3O)c(-c3ccc(O)cc3)oc2c1. The zero-order valence-electron chi connectivity index (χ0n) is 17.1. The van der Waals surface area contributed by atoms with E-state index in [-0.39, 0.29) is 28.2 Å². The Hall–Kier alpha value is -3.31.